The van der Waals surface area contributed by atoms with Gasteiger partial charge < -0.3 is 14.2 Å². The molecule has 4 heteroatoms. The number of halogens is 1. The highest BCUT2D eigenvalue weighted by Crippen LogP contribution is 2.39. The normalized spacial score (nSPS) is 27.1. The lowest BCUT2D eigenvalue weighted by atomic mass is 9.78. The van der Waals surface area contributed by atoms with Gasteiger partial charge in [0, 0.05) is 25.6 Å². The largest absolute Gasteiger partial charge is 0.385 e. The van der Waals surface area contributed by atoms with Crippen LogP contribution in [0.2, 0.25) is 0 Å². The first-order valence-corrected chi connectivity index (χ1v) is 11.3. The zero-order chi connectivity index (χ0) is 20.8. The van der Waals surface area contributed by atoms with Crippen molar-refractivity contribution in [2.75, 3.05) is 26.9 Å². The van der Waals surface area contributed by atoms with Crippen molar-refractivity contribution in [3.8, 4) is 11.1 Å². The van der Waals surface area contributed by atoms with E-state index in [0.717, 1.165) is 56.6 Å². The third kappa shape index (κ3) is 5.48. The maximum Gasteiger partial charge on any atom is 0.160 e. The van der Waals surface area contributed by atoms with E-state index in [2.05, 4.69) is 24.3 Å². The van der Waals surface area contributed by atoms with Crippen LogP contribution in [0.25, 0.3) is 11.1 Å². The molecule has 162 valence electrons. The van der Waals surface area contributed by atoms with Crippen LogP contribution in [0.3, 0.4) is 0 Å². The average Bonchev–Trinajstić information content (AvgIpc) is 2.81. The fourth-order valence-electron chi connectivity index (χ4n) is 4.83. The summed E-state index contributed by atoms with van der Waals surface area (Å²) in [5.41, 5.74) is 3.60. The van der Waals surface area contributed by atoms with E-state index >= 15 is 0 Å². The molecule has 1 saturated carbocycles. The highest BCUT2D eigenvalue weighted by molar-refractivity contribution is 5.63. The van der Waals surface area contributed by atoms with E-state index < -0.39 is 0 Å². The summed E-state index contributed by atoms with van der Waals surface area (Å²) in [7, 11) is 1.75. The van der Waals surface area contributed by atoms with Crippen LogP contribution in [-0.4, -0.2) is 33.2 Å². The van der Waals surface area contributed by atoms with Crippen LogP contribution in [-0.2, 0) is 14.2 Å². The van der Waals surface area contributed by atoms with Crippen LogP contribution >= 0.6 is 0 Å². The smallest absolute Gasteiger partial charge is 0.160 e. The molecule has 0 spiro atoms. The Balaban J connectivity index is 1.24. The van der Waals surface area contributed by atoms with Crippen molar-refractivity contribution in [1.29, 1.82) is 0 Å². The zero-order valence-electron chi connectivity index (χ0n) is 17.9. The van der Waals surface area contributed by atoms with Gasteiger partial charge in [-0.3, -0.25) is 0 Å². The number of methoxy groups -OCH3 is 1. The summed E-state index contributed by atoms with van der Waals surface area (Å²) in [6.45, 7) is 2.45. The molecule has 4 rings (SSSR count). The summed E-state index contributed by atoms with van der Waals surface area (Å²) in [5, 5.41) is 0. The second-order valence-corrected chi connectivity index (χ2v) is 8.78. The molecule has 2 aromatic rings. The highest BCUT2D eigenvalue weighted by Gasteiger charge is 2.32. The molecule has 30 heavy (non-hydrogen) atoms. The number of rotatable bonds is 7. The van der Waals surface area contributed by atoms with Gasteiger partial charge in [-0.2, -0.15) is 0 Å². The molecule has 0 bridgehead atoms. The molecular formula is C26H33FO3. The molecule has 2 aromatic carbocycles. The highest BCUT2D eigenvalue weighted by atomic mass is 19.1. The molecule has 2 aliphatic rings. The first-order valence-electron chi connectivity index (χ1n) is 11.3. The molecule has 0 radical (unpaired) electrons. The quantitative estimate of drug-likeness (QED) is 0.508. The van der Waals surface area contributed by atoms with Gasteiger partial charge in [0.15, 0.2) is 6.29 Å². The van der Waals surface area contributed by atoms with Crippen molar-refractivity contribution in [3.63, 3.8) is 0 Å². The molecule has 3 nitrogen and oxygen atoms in total. The van der Waals surface area contributed by atoms with Gasteiger partial charge in [-0.15, -0.1) is 0 Å². The van der Waals surface area contributed by atoms with Crippen molar-refractivity contribution in [2.45, 2.75) is 50.7 Å². The van der Waals surface area contributed by atoms with E-state index in [1.807, 2.05) is 12.1 Å². The number of benzene rings is 2. The lowest BCUT2D eigenvalue weighted by molar-refractivity contribution is -0.229. The molecule has 1 heterocycles. The second kappa shape index (κ2) is 10.5. The van der Waals surface area contributed by atoms with Gasteiger partial charge in [0.25, 0.3) is 0 Å². The first kappa shape index (κ1) is 21.5. The third-order valence-corrected chi connectivity index (χ3v) is 6.67. The van der Waals surface area contributed by atoms with Gasteiger partial charge in [0.2, 0.25) is 0 Å². The van der Waals surface area contributed by atoms with Gasteiger partial charge in [0.05, 0.1) is 13.2 Å². The fourth-order valence-corrected chi connectivity index (χ4v) is 4.83. The summed E-state index contributed by atoms with van der Waals surface area (Å²) in [6.07, 6.45) is 6.84. The van der Waals surface area contributed by atoms with Crippen LogP contribution in [0.5, 0.6) is 0 Å². The van der Waals surface area contributed by atoms with E-state index in [4.69, 9.17) is 14.2 Å². The zero-order valence-corrected chi connectivity index (χ0v) is 17.9. The van der Waals surface area contributed by atoms with Crippen molar-refractivity contribution >= 4 is 0 Å². The first-order chi connectivity index (χ1) is 14.7. The Morgan fingerprint density at radius 1 is 0.867 bits per heavy atom. The summed E-state index contributed by atoms with van der Waals surface area (Å²) >= 11 is 0. The van der Waals surface area contributed by atoms with Crippen molar-refractivity contribution < 1.29 is 18.6 Å². The standard InChI is InChI=1S/C26H33FO3/c1-28-16-2-3-19-17-29-26(30-18-19)24-10-8-22(9-11-24)20-4-6-21(7-5-20)23-12-14-25(27)15-13-23/h4-7,12-15,19,22,24,26H,2-3,8-11,16-18H2,1H3/t19-,22-,24-,26-. The molecule has 1 aliphatic heterocycles. The summed E-state index contributed by atoms with van der Waals surface area (Å²) < 4.78 is 30.4. The Kier molecular flexibility index (Phi) is 7.53. The van der Waals surface area contributed by atoms with Crippen LogP contribution in [0.15, 0.2) is 48.5 Å². The van der Waals surface area contributed by atoms with E-state index in [1.165, 1.54) is 30.5 Å². The van der Waals surface area contributed by atoms with Gasteiger partial charge in [0.1, 0.15) is 5.82 Å². The topological polar surface area (TPSA) is 27.7 Å². The SMILES string of the molecule is COCCC[C@H]1CO[C@H]([C@H]2CC[C@H](c3ccc(-c4ccc(F)cc4)cc3)CC2)OC1. The van der Waals surface area contributed by atoms with Crippen LogP contribution in [0.1, 0.15) is 50.0 Å². The van der Waals surface area contributed by atoms with Gasteiger partial charge >= 0.3 is 0 Å². The van der Waals surface area contributed by atoms with E-state index in [1.54, 1.807) is 7.11 Å². The Hall–Kier alpha value is -1.75. The Morgan fingerprint density at radius 2 is 1.47 bits per heavy atom. The molecule has 0 atom stereocenters. The minimum Gasteiger partial charge on any atom is -0.385 e. The summed E-state index contributed by atoms with van der Waals surface area (Å²) in [5.74, 6) is 1.43. The van der Waals surface area contributed by atoms with Crippen LogP contribution in [0, 0.1) is 17.7 Å². The predicted octanol–water partition coefficient (Wildman–Crippen LogP) is 6.18. The molecule has 0 aromatic heterocycles. The maximum atomic E-state index is 13.1. The molecule has 1 aliphatic carbocycles. The molecule has 2 fully saturated rings. The Bertz CT molecular complexity index is 758. The lowest BCUT2D eigenvalue weighted by Gasteiger charge is -2.37. The second-order valence-electron chi connectivity index (χ2n) is 8.78. The monoisotopic (exact) mass is 412 g/mol. The lowest BCUT2D eigenvalue weighted by Crippen LogP contribution is -2.38. The predicted molar refractivity (Wildman–Crippen MR) is 117 cm³/mol. The van der Waals surface area contributed by atoms with E-state index in [-0.39, 0.29) is 12.1 Å². The summed E-state index contributed by atoms with van der Waals surface area (Å²) in [6, 6.07) is 15.5. The van der Waals surface area contributed by atoms with E-state index in [9.17, 15) is 4.39 Å². The number of ether oxygens (including phenoxy) is 3. The number of hydrogen-bond acceptors (Lipinski definition) is 3. The van der Waals surface area contributed by atoms with Crippen LogP contribution < -0.4 is 0 Å². The maximum absolute atomic E-state index is 13.1. The third-order valence-electron chi connectivity index (χ3n) is 6.67. The molecule has 0 N–H and O–H groups in total. The van der Waals surface area contributed by atoms with Gasteiger partial charge in [-0.1, -0.05) is 36.4 Å². The minimum absolute atomic E-state index is 0.0227. The summed E-state index contributed by atoms with van der Waals surface area (Å²) in [4.78, 5) is 0. The fraction of sp³-hybridized carbons (Fsp3) is 0.538. The molecular weight excluding hydrogens is 379 g/mol. The molecule has 1 saturated heterocycles. The minimum atomic E-state index is -0.195. The number of hydrogen-bond donors (Lipinski definition) is 0. The molecule has 0 unspecified atom stereocenters. The van der Waals surface area contributed by atoms with Gasteiger partial charge in [-0.05, 0) is 73.3 Å². The van der Waals surface area contributed by atoms with Crippen molar-refractivity contribution in [2.24, 2.45) is 11.8 Å². The Labute approximate surface area is 179 Å². The Morgan fingerprint density at radius 3 is 2.07 bits per heavy atom. The van der Waals surface area contributed by atoms with Crippen molar-refractivity contribution in [1.82, 2.24) is 0 Å². The average molecular weight is 413 g/mol. The van der Waals surface area contributed by atoms with Crippen LogP contribution in [0.4, 0.5) is 4.39 Å². The van der Waals surface area contributed by atoms with Crippen molar-refractivity contribution in [3.05, 3.63) is 59.9 Å². The molecule has 0 amide bonds. The van der Waals surface area contributed by atoms with E-state index in [0.29, 0.717) is 17.8 Å². The van der Waals surface area contributed by atoms with Gasteiger partial charge in [-0.25, -0.2) is 4.39 Å².